The fraction of sp³-hybridized carbons (Fsp3) is 0.444. The van der Waals surface area contributed by atoms with Crippen molar-refractivity contribution in [3.8, 4) is 0 Å². The van der Waals surface area contributed by atoms with Gasteiger partial charge in [0, 0.05) is 23.8 Å². The molecule has 0 spiro atoms. The summed E-state index contributed by atoms with van der Waals surface area (Å²) in [6.45, 7) is 0.768. The minimum absolute atomic E-state index is 0. The highest BCUT2D eigenvalue weighted by Gasteiger charge is 2.40. The number of nitrogens with one attached hydrogen (secondary N) is 1. The molecule has 1 aliphatic carbocycles. The van der Waals surface area contributed by atoms with Gasteiger partial charge in [-0.05, 0) is 31.0 Å². The maximum atomic E-state index is 13.0. The maximum Gasteiger partial charge on any atom is 0.416 e. The molecular weight excluding hydrogens is 399 g/mol. The van der Waals surface area contributed by atoms with E-state index in [2.05, 4.69) is 10.3 Å². The van der Waals surface area contributed by atoms with E-state index in [9.17, 15) is 18.0 Å². The van der Waals surface area contributed by atoms with E-state index in [0.29, 0.717) is 30.8 Å². The molecule has 1 saturated carbocycles. The van der Waals surface area contributed by atoms with Gasteiger partial charge in [0.05, 0.1) is 10.6 Å². The zero-order chi connectivity index (χ0) is 18.8. The zero-order valence-electron chi connectivity index (χ0n) is 14.5. The first kappa shape index (κ1) is 21.7. The van der Waals surface area contributed by atoms with Crippen LogP contribution in [0.5, 0.6) is 0 Å². The number of amides is 1. The molecule has 0 unspecified atom stereocenters. The molecule has 0 atom stereocenters. The van der Waals surface area contributed by atoms with Crippen molar-refractivity contribution in [2.75, 3.05) is 13.1 Å². The van der Waals surface area contributed by atoms with Gasteiger partial charge in [0.25, 0.3) is 5.91 Å². The van der Waals surface area contributed by atoms with Crippen LogP contribution in [0.3, 0.4) is 0 Å². The fourth-order valence-corrected chi connectivity index (χ4v) is 3.98. The summed E-state index contributed by atoms with van der Waals surface area (Å²) in [4.78, 5) is 16.6. The normalized spacial score (nSPS) is 15.6. The summed E-state index contributed by atoms with van der Waals surface area (Å²) < 4.78 is 39.0. The molecule has 148 valence electrons. The molecule has 1 fully saturated rings. The molecule has 0 bridgehead atoms. The first-order valence-electron chi connectivity index (χ1n) is 8.44. The Morgan fingerprint density at radius 1 is 1.33 bits per heavy atom. The summed E-state index contributed by atoms with van der Waals surface area (Å²) in [6, 6.07) is 5.42. The number of rotatable bonds is 6. The van der Waals surface area contributed by atoms with E-state index in [-0.39, 0.29) is 18.3 Å². The molecule has 0 radical (unpaired) electrons. The molecule has 1 aromatic carbocycles. The van der Waals surface area contributed by atoms with Crippen LogP contribution in [-0.2, 0) is 18.0 Å². The molecule has 1 aliphatic rings. The number of benzene rings is 1. The van der Waals surface area contributed by atoms with E-state index >= 15 is 0 Å². The molecule has 9 heteroatoms. The number of carbonyl (C=O) groups excluding carboxylic acids is 1. The van der Waals surface area contributed by atoms with Gasteiger partial charge < -0.3 is 11.1 Å². The summed E-state index contributed by atoms with van der Waals surface area (Å²) in [5, 5.41) is 5.33. The highest BCUT2D eigenvalue weighted by molar-refractivity contribution is 7.09. The molecule has 1 heterocycles. The molecule has 27 heavy (non-hydrogen) atoms. The number of nitrogens with zero attached hydrogens (tertiary/aromatic N) is 1. The van der Waals surface area contributed by atoms with Crippen LogP contribution >= 0.6 is 23.7 Å². The van der Waals surface area contributed by atoms with Crippen LogP contribution in [0.25, 0.3) is 0 Å². The van der Waals surface area contributed by atoms with Crippen molar-refractivity contribution in [1.82, 2.24) is 10.3 Å². The zero-order valence-corrected chi connectivity index (χ0v) is 16.1. The molecule has 0 saturated heterocycles. The number of alkyl halides is 3. The summed E-state index contributed by atoms with van der Waals surface area (Å²) >= 11 is 1.38. The monoisotopic (exact) mass is 419 g/mol. The van der Waals surface area contributed by atoms with Crippen LogP contribution in [-0.4, -0.2) is 24.0 Å². The van der Waals surface area contributed by atoms with Crippen LogP contribution in [0, 0.1) is 0 Å². The van der Waals surface area contributed by atoms with Crippen molar-refractivity contribution in [1.29, 1.82) is 0 Å². The van der Waals surface area contributed by atoms with E-state index < -0.39 is 17.2 Å². The lowest BCUT2D eigenvalue weighted by Gasteiger charge is -2.42. The first-order chi connectivity index (χ1) is 12.3. The van der Waals surface area contributed by atoms with Gasteiger partial charge >= 0.3 is 6.18 Å². The minimum atomic E-state index is -4.37. The number of carbonyl (C=O) groups is 1. The predicted molar refractivity (Wildman–Crippen MR) is 101 cm³/mol. The number of halogens is 4. The van der Waals surface area contributed by atoms with Crippen molar-refractivity contribution >= 4 is 29.7 Å². The van der Waals surface area contributed by atoms with E-state index in [0.717, 1.165) is 30.3 Å². The summed E-state index contributed by atoms with van der Waals surface area (Å²) in [5.74, 6) is -0.303. The molecular formula is C18H21ClF3N3OS. The maximum absolute atomic E-state index is 13.0. The Labute approximate surface area is 165 Å². The van der Waals surface area contributed by atoms with E-state index in [1.807, 2.05) is 0 Å². The second kappa shape index (κ2) is 8.58. The van der Waals surface area contributed by atoms with Gasteiger partial charge in [-0.25, -0.2) is 4.98 Å². The molecule has 3 N–H and O–H groups in total. The van der Waals surface area contributed by atoms with Crippen molar-refractivity contribution < 1.29 is 18.0 Å². The van der Waals surface area contributed by atoms with Gasteiger partial charge in [0.1, 0.15) is 5.69 Å². The molecule has 4 nitrogen and oxygen atoms in total. The second-order valence-corrected chi connectivity index (χ2v) is 7.50. The highest BCUT2D eigenvalue weighted by Crippen LogP contribution is 2.44. The SMILES string of the molecule is Cl.NCCc1nc(C(=O)NCC2(c3cccc(C(F)(F)F)c3)CCC2)cs1. The standard InChI is InChI=1S/C18H20F3N3OS.ClH/c19-18(20,21)13-4-1-3-12(9-13)17(6-2-7-17)11-23-16(25)14-10-26-15(24-14)5-8-22;/h1,3-4,9-10H,2,5-8,11,22H2,(H,23,25);1H. The van der Waals surface area contributed by atoms with Gasteiger partial charge in [-0.2, -0.15) is 13.2 Å². The number of hydrogen-bond donors (Lipinski definition) is 2. The van der Waals surface area contributed by atoms with Crippen LogP contribution in [0.15, 0.2) is 29.6 Å². The van der Waals surface area contributed by atoms with Crippen molar-refractivity contribution in [3.05, 3.63) is 51.5 Å². The summed E-state index contributed by atoms with van der Waals surface area (Å²) in [6.07, 6.45) is -1.31. The van der Waals surface area contributed by atoms with Gasteiger partial charge in [-0.1, -0.05) is 24.6 Å². The van der Waals surface area contributed by atoms with Crippen molar-refractivity contribution in [2.45, 2.75) is 37.3 Å². The van der Waals surface area contributed by atoms with Crippen LogP contribution in [0.4, 0.5) is 13.2 Å². The van der Waals surface area contributed by atoms with Gasteiger partial charge in [-0.3, -0.25) is 4.79 Å². The third kappa shape index (κ3) is 4.80. The average molecular weight is 420 g/mol. The third-order valence-corrected chi connectivity index (χ3v) is 5.75. The summed E-state index contributed by atoms with van der Waals surface area (Å²) in [5.41, 5.74) is 5.35. The molecule has 1 aromatic heterocycles. The largest absolute Gasteiger partial charge is 0.416 e. The van der Waals surface area contributed by atoms with Crippen molar-refractivity contribution in [3.63, 3.8) is 0 Å². The minimum Gasteiger partial charge on any atom is -0.350 e. The Kier molecular flexibility index (Phi) is 6.88. The van der Waals surface area contributed by atoms with E-state index in [1.54, 1.807) is 11.4 Å². The van der Waals surface area contributed by atoms with Crippen LogP contribution in [0.2, 0.25) is 0 Å². The Bertz CT molecular complexity index is 790. The van der Waals surface area contributed by atoms with Gasteiger partial charge in [0.15, 0.2) is 0 Å². The Balaban J connectivity index is 0.00000261. The predicted octanol–water partition coefficient (Wildman–Crippen LogP) is 3.94. The average Bonchev–Trinajstić information content (AvgIpc) is 3.02. The number of aromatic nitrogens is 1. The highest BCUT2D eigenvalue weighted by atomic mass is 35.5. The topological polar surface area (TPSA) is 68.0 Å². The number of thiazole rings is 1. The summed E-state index contributed by atoms with van der Waals surface area (Å²) in [7, 11) is 0. The van der Waals surface area contributed by atoms with Crippen molar-refractivity contribution in [2.24, 2.45) is 5.73 Å². The molecule has 1 amide bonds. The fourth-order valence-electron chi connectivity index (χ4n) is 3.19. The van der Waals surface area contributed by atoms with Gasteiger partial charge in [-0.15, -0.1) is 23.7 Å². The number of hydrogen-bond acceptors (Lipinski definition) is 4. The molecule has 2 aromatic rings. The molecule has 3 rings (SSSR count). The molecule has 0 aliphatic heterocycles. The van der Waals surface area contributed by atoms with E-state index in [4.69, 9.17) is 5.73 Å². The van der Waals surface area contributed by atoms with E-state index in [1.165, 1.54) is 23.5 Å². The van der Waals surface area contributed by atoms with Crippen LogP contribution in [0.1, 0.15) is 45.9 Å². The lowest BCUT2D eigenvalue weighted by molar-refractivity contribution is -0.137. The Morgan fingerprint density at radius 3 is 2.67 bits per heavy atom. The Morgan fingerprint density at radius 2 is 2.07 bits per heavy atom. The van der Waals surface area contributed by atoms with Gasteiger partial charge in [0.2, 0.25) is 0 Å². The quantitative estimate of drug-likeness (QED) is 0.745. The number of nitrogens with two attached hydrogens (primary N) is 1. The first-order valence-corrected chi connectivity index (χ1v) is 9.32. The lowest BCUT2D eigenvalue weighted by Crippen LogP contribution is -2.45. The smallest absolute Gasteiger partial charge is 0.350 e. The lowest BCUT2D eigenvalue weighted by atomic mass is 9.64. The third-order valence-electron chi connectivity index (χ3n) is 4.84. The Hall–Kier alpha value is -1.64. The van der Waals surface area contributed by atoms with Crippen LogP contribution < -0.4 is 11.1 Å². The second-order valence-electron chi connectivity index (χ2n) is 6.56.